The molecule has 1 amide bonds. The van der Waals surface area contributed by atoms with E-state index in [1.807, 2.05) is 37.3 Å². The Morgan fingerprint density at radius 2 is 1.95 bits per heavy atom. The number of methoxy groups -OCH3 is 1. The van der Waals surface area contributed by atoms with Gasteiger partial charge in [0.15, 0.2) is 0 Å². The van der Waals surface area contributed by atoms with Crippen LogP contribution in [0.3, 0.4) is 0 Å². The maximum atomic E-state index is 12.4. The van der Waals surface area contributed by atoms with Crippen LogP contribution in [0.2, 0.25) is 0 Å². The van der Waals surface area contributed by atoms with Crippen LogP contribution in [0.15, 0.2) is 40.8 Å². The van der Waals surface area contributed by atoms with E-state index in [1.165, 1.54) is 0 Å². The largest absolute Gasteiger partial charge is 0.466 e. The third kappa shape index (κ3) is 3.22. The van der Waals surface area contributed by atoms with Crippen molar-refractivity contribution in [3.05, 3.63) is 59.0 Å². The van der Waals surface area contributed by atoms with Crippen molar-refractivity contribution in [1.29, 1.82) is 0 Å². The zero-order valence-corrected chi connectivity index (χ0v) is 13.6. The monoisotopic (exact) mass is 301 g/mol. The molecule has 0 unspecified atom stereocenters. The molecule has 1 aromatic heterocycles. The number of hydrogen-bond donors (Lipinski definition) is 1. The minimum atomic E-state index is -0.524. The Labute approximate surface area is 131 Å². The van der Waals surface area contributed by atoms with Gasteiger partial charge in [-0.25, -0.2) is 0 Å². The second-order valence-corrected chi connectivity index (χ2v) is 5.43. The van der Waals surface area contributed by atoms with Gasteiger partial charge in [0.25, 0.3) is 5.91 Å². The lowest BCUT2D eigenvalue weighted by Gasteiger charge is -2.32. The number of ether oxygens (including phenoxy) is 1. The molecule has 118 valence electrons. The summed E-state index contributed by atoms with van der Waals surface area (Å²) >= 11 is 0. The van der Waals surface area contributed by atoms with Crippen molar-refractivity contribution in [2.24, 2.45) is 0 Å². The molecule has 22 heavy (non-hydrogen) atoms. The van der Waals surface area contributed by atoms with Crippen LogP contribution in [0.5, 0.6) is 0 Å². The lowest BCUT2D eigenvalue weighted by Crippen LogP contribution is -2.42. The highest BCUT2D eigenvalue weighted by molar-refractivity contribution is 5.95. The van der Waals surface area contributed by atoms with E-state index in [0.717, 1.165) is 17.7 Å². The van der Waals surface area contributed by atoms with Gasteiger partial charge in [0.05, 0.1) is 12.1 Å². The van der Waals surface area contributed by atoms with Gasteiger partial charge in [0.1, 0.15) is 17.1 Å². The van der Waals surface area contributed by atoms with Crippen LogP contribution in [0, 0.1) is 13.8 Å². The highest BCUT2D eigenvalue weighted by Gasteiger charge is 2.31. The quantitative estimate of drug-likeness (QED) is 0.887. The summed E-state index contributed by atoms with van der Waals surface area (Å²) in [6.45, 7) is 6.09. The van der Waals surface area contributed by atoms with Crippen molar-refractivity contribution in [2.45, 2.75) is 32.8 Å². The first-order valence-corrected chi connectivity index (χ1v) is 7.48. The first kappa shape index (κ1) is 16.3. The van der Waals surface area contributed by atoms with Gasteiger partial charge in [-0.3, -0.25) is 4.79 Å². The molecule has 0 aliphatic heterocycles. The van der Waals surface area contributed by atoms with Crippen molar-refractivity contribution in [3.8, 4) is 0 Å². The fourth-order valence-electron chi connectivity index (χ4n) is 2.68. The van der Waals surface area contributed by atoms with Crippen molar-refractivity contribution in [3.63, 3.8) is 0 Å². The minimum Gasteiger partial charge on any atom is -0.466 e. The number of nitrogens with one attached hydrogen (secondary N) is 1. The second-order valence-electron chi connectivity index (χ2n) is 5.43. The fraction of sp³-hybridized carbons (Fsp3) is 0.389. The van der Waals surface area contributed by atoms with Crippen LogP contribution < -0.4 is 5.32 Å². The highest BCUT2D eigenvalue weighted by atomic mass is 16.5. The van der Waals surface area contributed by atoms with E-state index in [9.17, 15) is 4.79 Å². The average Bonchev–Trinajstić information content (AvgIpc) is 2.88. The highest BCUT2D eigenvalue weighted by Crippen LogP contribution is 2.28. The Morgan fingerprint density at radius 1 is 1.27 bits per heavy atom. The van der Waals surface area contributed by atoms with E-state index in [2.05, 4.69) is 12.2 Å². The number of benzene rings is 1. The molecule has 0 bridgehead atoms. The van der Waals surface area contributed by atoms with E-state index in [0.29, 0.717) is 17.9 Å². The van der Waals surface area contributed by atoms with Gasteiger partial charge in [-0.15, -0.1) is 0 Å². The second kappa shape index (κ2) is 6.79. The standard InChI is InChI=1S/C18H23NO3/c1-5-18(21-4,15-9-7-6-8-10-15)12-19-17(20)16-11-13(2)22-14(16)3/h6-11H,5,12H2,1-4H3,(H,19,20)/t18-/m0/s1. The van der Waals surface area contributed by atoms with Crippen molar-refractivity contribution >= 4 is 5.91 Å². The van der Waals surface area contributed by atoms with Gasteiger partial charge in [-0.2, -0.15) is 0 Å². The molecule has 1 N–H and O–H groups in total. The normalized spacial score (nSPS) is 13.6. The van der Waals surface area contributed by atoms with Crippen LogP contribution in [0.25, 0.3) is 0 Å². The van der Waals surface area contributed by atoms with Crippen LogP contribution >= 0.6 is 0 Å². The molecule has 2 rings (SSSR count). The third-order valence-corrected chi connectivity index (χ3v) is 4.08. The van der Waals surface area contributed by atoms with Crippen LogP contribution in [0.1, 0.15) is 40.8 Å². The van der Waals surface area contributed by atoms with E-state index in [-0.39, 0.29) is 5.91 Å². The number of carbonyl (C=O) groups excluding carboxylic acids is 1. The molecule has 0 aliphatic rings. The molecular formula is C18H23NO3. The van der Waals surface area contributed by atoms with E-state index >= 15 is 0 Å². The number of rotatable bonds is 6. The molecule has 0 aliphatic carbocycles. The molecule has 2 aromatic rings. The average molecular weight is 301 g/mol. The first-order chi connectivity index (χ1) is 10.5. The summed E-state index contributed by atoms with van der Waals surface area (Å²) in [6.07, 6.45) is 0.761. The lowest BCUT2D eigenvalue weighted by molar-refractivity contribution is -0.0164. The van der Waals surface area contributed by atoms with E-state index in [4.69, 9.17) is 9.15 Å². The molecule has 0 spiro atoms. The van der Waals surface area contributed by atoms with Gasteiger partial charge in [0.2, 0.25) is 0 Å². The molecule has 0 fully saturated rings. The van der Waals surface area contributed by atoms with E-state index < -0.39 is 5.60 Å². The summed E-state index contributed by atoms with van der Waals surface area (Å²) in [7, 11) is 1.68. The molecule has 0 saturated carbocycles. The Balaban J connectivity index is 2.16. The van der Waals surface area contributed by atoms with Gasteiger partial charge in [0, 0.05) is 7.11 Å². The van der Waals surface area contributed by atoms with Gasteiger partial charge in [-0.1, -0.05) is 37.3 Å². The Morgan fingerprint density at radius 3 is 2.45 bits per heavy atom. The maximum absolute atomic E-state index is 12.4. The fourth-order valence-corrected chi connectivity index (χ4v) is 2.68. The summed E-state index contributed by atoms with van der Waals surface area (Å²) in [5, 5.41) is 2.97. The summed E-state index contributed by atoms with van der Waals surface area (Å²) in [5.41, 5.74) is 1.11. The number of amides is 1. The Hall–Kier alpha value is -2.07. The molecule has 0 radical (unpaired) electrons. The number of furan rings is 1. The Bertz CT molecular complexity index is 627. The van der Waals surface area contributed by atoms with Crippen LogP contribution in [-0.2, 0) is 10.3 Å². The summed E-state index contributed by atoms with van der Waals surface area (Å²) < 4.78 is 11.2. The summed E-state index contributed by atoms with van der Waals surface area (Å²) in [5.74, 6) is 1.23. The molecule has 0 saturated heterocycles. The maximum Gasteiger partial charge on any atom is 0.254 e. The SMILES string of the molecule is CC[C@@](CNC(=O)c1cc(C)oc1C)(OC)c1ccccc1. The summed E-state index contributed by atoms with van der Waals surface area (Å²) in [6, 6.07) is 11.7. The van der Waals surface area contributed by atoms with Gasteiger partial charge in [-0.05, 0) is 31.9 Å². The van der Waals surface area contributed by atoms with Crippen LogP contribution in [0.4, 0.5) is 0 Å². The molecule has 1 atom stereocenters. The Kier molecular flexibility index (Phi) is 5.03. The van der Waals surface area contributed by atoms with Crippen molar-refractivity contribution in [1.82, 2.24) is 5.32 Å². The zero-order valence-electron chi connectivity index (χ0n) is 13.6. The van der Waals surface area contributed by atoms with Crippen molar-refractivity contribution < 1.29 is 13.9 Å². The predicted molar refractivity (Wildman–Crippen MR) is 85.9 cm³/mol. The number of carbonyl (C=O) groups is 1. The zero-order chi connectivity index (χ0) is 16.2. The van der Waals surface area contributed by atoms with Crippen molar-refractivity contribution in [2.75, 3.05) is 13.7 Å². The molecule has 4 nitrogen and oxygen atoms in total. The van der Waals surface area contributed by atoms with E-state index in [1.54, 1.807) is 20.1 Å². The molecule has 1 aromatic carbocycles. The molecular weight excluding hydrogens is 278 g/mol. The predicted octanol–water partition coefficient (Wildman–Crippen LogP) is 3.58. The number of aryl methyl sites for hydroxylation is 2. The third-order valence-electron chi connectivity index (χ3n) is 4.08. The van der Waals surface area contributed by atoms with Gasteiger partial charge >= 0.3 is 0 Å². The first-order valence-electron chi connectivity index (χ1n) is 7.48. The number of hydrogen-bond acceptors (Lipinski definition) is 3. The topological polar surface area (TPSA) is 51.5 Å². The molecule has 4 heteroatoms. The summed E-state index contributed by atoms with van der Waals surface area (Å²) in [4.78, 5) is 12.4. The minimum absolute atomic E-state index is 0.139. The molecule has 1 heterocycles. The van der Waals surface area contributed by atoms with Crippen LogP contribution in [-0.4, -0.2) is 19.6 Å². The van der Waals surface area contributed by atoms with Gasteiger partial charge < -0.3 is 14.5 Å². The lowest BCUT2D eigenvalue weighted by atomic mass is 9.90. The smallest absolute Gasteiger partial charge is 0.254 e.